The summed E-state index contributed by atoms with van der Waals surface area (Å²) in [6, 6.07) is 7.37. The molecule has 2 aromatic carbocycles. The zero-order valence-corrected chi connectivity index (χ0v) is 17.6. The van der Waals surface area contributed by atoms with Gasteiger partial charge in [-0.3, -0.25) is 9.59 Å². The van der Waals surface area contributed by atoms with Crippen molar-refractivity contribution in [1.82, 2.24) is 4.90 Å². The lowest BCUT2D eigenvalue weighted by Gasteiger charge is -2.33. The summed E-state index contributed by atoms with van der Waals surface area (Å²) in [4.78, 5) is 29.4. The van der Waals surface area contributed by atoms with Crippen LogP contribution in [0.3, 0.4) is 0 Å². The molecule has 0 aliphatic carbocycles. The van der Waals surface area contributed by atoms with Crippen molar-refractivity contribution in [2.75, 3.05) is 18.0 Å². The van der Waals surface area contributed by atoms with Gasteiger partial charge in [0.2, 0.25) is 0 Å². The fraction of sp³-hybridized carbons (Fsp3) is 0.273. The first-order valence-electron chi connectivity index (χ1n) is 9.56. The molecule has 1 atom stereocenters. The van der Waals surface area contributed by atoms with Crippen LogP contribution in [0.2, 0.25) is 10.0 Å². The maximum Gasteiger partial charge on any atom is 0.282 e. The minimum absolute atomic E-state index is 0.0968. The smallest absolute Gasteiger partial charge is 0.282 e. The number of nitrogens with zero attached hydrogens (tertiary/aromatic N) is 2. The van der Waals surface area contributed by atoms with E-state index in [1.807, 2.05) is 4.90 Å². The van der Waals surface area contributed by atoms with E-state index in [1.54, 1.807) is 12.1 Å². The van der Waals surface area contributed by atoms with Crippen LogP contribution >= 0.6 is 23.2 Å². The second kappa shape index (κ2) is 8.00. The Bertz CT molecular complexity index is 1090. The first-order chi connectivity index (χ1) is 14.3. The molecule has 0 saturated carbocycles. The molecule has 0 bridgehead atoms. The van der Waals surface area contributed by atoms with Gasteiger partial charge in [-0.2, -0.15) is 0 Å². The molecule has 0 N–H and O–H groups in total. The van der Waals surface area contributed by atoms with E-state index in [9.17, 15) is 18.4 Å². The number of anilines is 1. The first-order valence-corrected chi connectivity index (χ1v) is 10.3. The summed E-state index contributed by atoms with van der Waals surface area (Å²) >= 11 is 12.4. The number of imide groups is 1. The van der Waals surface area contributed by atoms with Gasteiger partial charge >= 0.3 is 0 Å². The molecule has 2 aliphatic heterocycles. The second-order valence-corrected chi connectivity index (χ2v) is 8.43. The normalized spacial score (nSPS) is 19.8. The van der Waals surface area contributed by atoms with E-state index in [4.69, 9.17) is 23.2 Å². The van der Waals surface area contributed by atoms with Gasteiger partial charge in [-0.15, -0.1) is 0 Å². The van der Waals surface area contributed by atoms with Gasteiger partial charge in [0.1, 0.15) is 17.3 Å². The van der Waals surface area contributed by atoms with Gasteiger partial charge in [0, 0.05) is 29.7 Å². The van der Waals surface area contributed by atoms with Crippen LogP contribution in [0, 0.1) is 17.6 Å². The Balaban J connectivity index is 1.88. The van der Waals surface area contributed by atoms with Crippen molar-refractivity contribution in [2.45, 2.75) is 19.8 Å². The number of amides is 2. The molecule has 2 heterocycles. The van der Waals surface area contributed by atoms with E-state index < -0.39 is 23.4 Å². The number of piperidine rings is 1. The number of hydrogen-bond acceptors (Lipinski definition) is 3. The van der Waals surface area contributed by atoms with Crippen molar-refractivity contribution >= 4 is 46.3 Å². The lowest BCUT2D eigenvalue weighted by molar-refractivity contribution is -0.120. The maximum absolute atomic E-state index is 14.5. The van der Waals surface area contributed by atoms with E-state index in [2.05, 4.69) is 6.92 Å². The molecule has 4 rings (SSSR count). The van der Waals surface area contributed by atoms with E-state index in [1.165, 1.54) is 6.07 Å². The molecular formula is C22H18Cl2F2N2O2. The number of benzene rings is 2. The zero-order valence-electron chi connectivity index (χ0n) is 16.1. The van der Waals surface area contributed by atoms with Crippen molar-refractivity contribution in [1.29, 1.82) is 0 Å². The minimum Gasteiger partial charge on any atom is -0.366 e. The van der Waals surface area contributed by atoms with Crippen LogP contribution in [-0.4, -0.2) is 29.8 Å². The molecule has 0 radical (unpaired) electrons. The van der Waals surface area contributed by atoms with Gasteiger partial charge < -0.3 is 4.90 Å². The third-order valence-electron chi connectivity index (χ3n) is 5.38. The number of rotatable bonds is 3. The Morgan fingerprint density at radius 3 is 2.47 bits per heavy atom. The van der Waals surface area contributed by atoms with Gasteiger partial charge in [0.15, 0.2) is 0 Å². The van der Waals surface area contributed by atoms with Crippen LogP contribution in [0.1, 0.15) is 25.3 Å². The first kappa shape index (κ1) is 20.8. The van der Waals surface area contributed by atoms with Crippen LogP contribution in [0.5, 0.6) is 0 Å². The monoisotopic (exact) mass is 450 g/mol. The number of halogens is 4. The van der Waals surface area contributed by atoms with Gasteiger partial charge in [0.05, 0.1) is 16.3 Å². The van der Waals surface area contributed by atoms with E-state index >= 15 is 0 Å². The second-order valence-electron chi connectivity index (χ2n) is 7.58. The van der Waals surface area contributed by atoms with Crippen LogP contribution in [0.4, 0.5) is 14.5 Å². The topological polar surface area (TPSA) is 40.6 Å². The molecule has 2 amide bonds. The molecule has 0 aromatic heterocycles. The van der Waals surface area contributed by atoms with Crippen molar-refractivity contribution in [3.63, 3.8) is 0 Å². The Morgan fingerprint density at radius 2 is 1.80 bits per heavy atom. The van der Waals surface area contributed by atoms with Crippen molar-refractivity contribution in [2.24, 2.45) is 5.92 Å². The average Bonchev–Trinajstić information content (AvgIpc) is 2.93. The van der Waals surface area contributed by atoms with Crippen LogP contribution in [0.15, 0.2) is 42.1 Å². The van der Waals surface area contributed by atoms with Crippen molar-refractivity contribution in [3.05, 3.63) is 69.3 Å². The molecule has 8 heteroatoms. The molecule has 1 saturated heterocycles. The van der Waals surface area contributed by atoms with Gasteiger partial charge in [-0.25, -0.2) is 13.7 Å². The highest BCUT2D eigenvalue weighted by atomic mass is 35.5. The molecular weight excluding hydrogens is 433 g/mol. The molecule has 156 valence electrons. The van der Waals surface area contributed by atoms with Crippen molar-refractivity contribution < 1.29 is 18.4 Å². The standard InChI is InChI=1S/C22H18Cl2F2N2O2/c1-12-3-2-8-27(11-12)20-19(15-6-4-13(23)9-16(15)24)21(29)28(22(20)30)18-7-5-14(25)10-17(18)26/h4-7,9-10,12H,2-3,8,11H2,1H3. The zero-order chi connectivity index (χ0) is 21.6. The highest BCUT2D eigenvalue weighted by molar-refractivity contribution is 6.47. The number of carbonyl (C=O) groups excluding carboxylic acids is 2. The van der Waals surface area contributed by atoms with Crippen molar-refractivity contribution in [3.8, 4) is 0 Å². The number of carbonyl (C=O) groups is 2. The predicted molar refractivity (Wildman–Crippen MR) is 112 cm³/mol. The number of likely N-dealkylation sites (tertiary alicyclic amines) is 1. The number of hydrogen-bond donors (Lipinski definition) is 0. The summed E-state index contributed by atoms with van der Waals surface area (Å²) in [5.74, 6) is -2.82. The minimum atomic E-state index is -0.994. The molecule has 30 heavy (non-hydrogen) atoms. The predicted octanol–water partition coefficient (Wildman–Crippen LogP) is 5.29. The Labute approximate surface area is 182 Å². The highest BCUT2D eigenvalue weighted by Crippen LogP contribution is 2.40. The quantitative estimate of drug-likeness (QED) is 0.596. The van der Waals surface area contributed by atoms with E-state index in [0.717, 1.165) is 29.9 Å². The molecule has 2 aliphatic rings. The lowest BCUT2D eigenvalue weighted by Crippen LogP contribution is -2.39. The Morgan fingerprint density at radius 1 is 1.03 bits per heavy atom. The summed E-state index contributed by atoms with van der Waals surface area (Å²) in [6.45, 7) is 3.25. The SMILES string of the molecule is CC1CCCN(C2=C(c3ccc(Cl)cc3Cl)C(=O)N(c3ccc(F)cc3F)C2=O)C1. The average molecular weight is 451 g/mol. The fourth-order valence-corrected chi connectivity index (χ4v) is 4.52. The van der Waals surface area contributed by atoms with Gasteiger partial charge in [-0.05, 0) is 43.0 Å². The molecule has 1 fully saturated rings. The third kappa shape index (κ3) is 3.59. The molecule has 2 aromatic rings. The van der Waals surface area contributed by atoms with Gasteiger partial charge in [0.25, 0.3) is 11.8 Å². The molecule has 0 spiro atoms. The summed E-state index contributed by atoms with van der Waals surface area (Å²) in [7, 11) is 0. The Hall–Kier alpha value is -2.44. The molecule has 4 nitrogen and oxygen atoms in total. The van der Waals surface area contributed by atoms with Crippen LogP contribution in [0.25, 0.3) is 5.57 Å². The van der Waals surface area contributed by atoms with E-state index in [-0.39, 0.29) is 22.0 Å². The van der Waals surface area contributed by atoms with Crippen LogP contribution in [-0.2, 0) is 9.59 Å². The van der Waals surface area contributed by atoms with Crippen LogP contribution < -0.4 is 4.90 Å². The Kier molecular flexibility index (Phi) is 5.55. The summed E-state index contributed by atoms with van der Waals surface area (Å²) in [6.07, 6.45) is 1.87. The van der Waals surface area contributed by atoms with Gasteiger partial charge in [-0.1, -0.05) is 36.2 Å². The highest BCUT2D eigenvalue weighted by Gasteiger charge is 2.44. The summed E-state index contributed by atoms with van der Waals surface area (Å²) in [5, 5.41) is 0.596. The lowest BCUT2D eigenvalue weighted by atomic mass is 9.97. The van der Waals surface area contributed by atoms with E-state index in [0.29, 0.717) is 35.7 Å². The fourth-order valence-electron chi connectivity index (χ4n) is 4.02. The molecule has 1 unspecified atom stereocenters. The third-order valence-corrected chi connectivity index (χ3v) is 5.93. The maximum atomic E-state index is 14.5. The summed E-state index contributed by atoms with van der Waals surface area (Å²) in [5.41, 5.74) is 0.325. The largest absolute Gasteiger partial charge is 0.366 e. The summed E-state index contributed by atoms with van der Waals surface area (Å²) < 4.78 is 27.9.